The molecular weight excluding hydrogens is 296 g/mol. The lowest BCUT2D eigenvalue weighted by atomic mass is 10.2. The van der Waals surface area contributed by atoms with Crippen LogP contribution in [0.25, 0.3) is 10.9 Å². The van der Waals surface area contributed by atoms with Crippen LogP contribution in [0.5, 0.6) is 5.75 Å². The summed E-state index contributed by atoms with van der Waals surface area (Å²) in [6.07, 6.45) is 1.66. The number of amides is 2. The van der Waals surface area contributed by atoms with E-state index in [2.05, 4.69) is 20.8 Å². The minimum absolute atomic E-state index is 0.101. The highest BCUT2D eigenvalue weighted by molar-refractivity contribution is 6.43. The Kier molecular flexibility index (Phi) is 3.68. The standard InChI is InChI=1S/C16H14N4O3/c1-9-2-5-14(21)13(6-9)19-16(23)15(22)18-11-4-3-10-8-17-20-12(10)7-11/h2-8,21H,1H3,(H,17,20)(H,18,22)(H,19,23). The van der Waals surface area contributed by atoms with E-state index in [0.717, 1.165) is 16.5 Å². The van der Waals surface area contributed by atoms with Crippen LogP contribution in [-0.4, -0.2) is 27.1 Å². The molecule has 23 heavy (non-hydrogen) atoms. The molecule has 1 heterocycles. The number of carbonyl (C=O) groups is 2. The Bertz CT molecular complexity index is 901. The number of aromatic nitrogens is 2. The largest absolute Gasteiger partial charge is 0.506 e. The Hall–Kier alpha value is -3.35. The number of benzene rings is 2. The summed E-state index contributed by atoms with van der Waals surface area (Å²) in [4.78, 5) is 23.9. The zero-order chi connectivity index (χ0) is 16.4. The van der Waals surface area contributed by atoms with Crippen LogP contribution in [0.3, 0.4) is 0 Å². The summed E-state index contributed by atoms with van der Waals surface area (Å²) in [5, 5.41) is 22.1. The van der Waals surface area contributed by atoms with Crippen molar-refractivity contribution in [2.75, 3.05) is 10.6 Å². The minimum atomic E-state index is -0.865. The average molecular weight is 310 g/mol. The van der Waals surface area contributed by atoms with Crippen molar-refractivity contribution in [3.63, 3.8) is 0 Å². The van der Waals surface area contributed by atoms with Gasteiger partial charge in [-0.05, 0) is 42.8 Å². The Morgan fingerprint density at radius 2 is 1.87 bits per heavy atom. The van der Waals surface area contributed by atoms with Gasteiger partial charge in [0.05, 0.1) is 17.4 Å². The number of carbonyl (C=O) groups excluding carboxylic acids is 2. The molecular formula is C16H14N4O3. The van der Waals surface area contributed by atoms with Crippen molar-refractivity contribution in [3.05, 3.63) is 48.2 Å². The van der Waals surface area contributed by atoms with Crippen molar-refractivity contribution < 1.29 is 14.7 Å². The van der Waals surface area contributed by atoms with Gasteiger partial charge in [-0.25, -0.2) is 0 Å². The third kappa shape index (κ3) is 3.13. The normalized spacial score (nSPS) is 10.5. The number of hydrogen-bond donors (Lipinski definition) is 4. The molecule has 0 atom stereocenters. The highest BCUT2D eigenvalue weighted by Crippen LogP contribution is 2.24. The van der Waals surface area contributed by atoms with Crippen molar-refractivity contribution in [1.29, 1.82) is 0 Å². The zero-order valence-corrected chi connectivity index (χ0v) is 12.3. The summed E-state index contributed by atoms with van der Waals surface area (Å²) in [5.74, 6) is -1.80. The van der Waals surface area contributed by atoms with E-state index >= 15 is 0 Å². The van der Waals surface area contributed by atoms with Gasteiger partial charge in [0, 0.05) is 11.1 Å². The first kappa shape index (κ1) is 14.6. The lowest BCUT2D eigenvalue weighted by Crippen LogP contribution is -2.29. The molecule has 3 aromatic rings. The van der Waals surface area contributed by atoms with Gasteiger partial charge in [0.1, 0.15) is 5.75 Å². The molecule has 0 bridgehead atoms. The van der Waals surface area contributed by atoms with Crippen LogP contribution >= 0.6 is 0 Å². The number of fused-ring (bicyclic) bond motifs is 1. The molecule has 0 fully saturated rings. The van der Waals surface area contributed by atoms with E-state index in [1.807, 2.05) is 6.92 Å². The van der Waals surface area contributed by atoms with Gasteiger partial charge < -0.3 is 15.7 Å². The first-order valence-electron chi connectivity index (χ1n) is 6.88. The minimum Gasteiger partial charge on any atom is -0.506 e. The number of phenolic OH excluding ortho intramolecular Hbond substituents is 1. The summed E-state index contributed by atoms with van der Waals surface area (Å²) < 4.78 is 0. The van der Waals surface area contributed by atoms with Gasteiger partial charge in [-0.1, -0.05) is 6.07 Å². The SMILES string of the molecule is Cc1ccc(O)c(NC(=O)C(=O)Nc2ccc3cn[nH]c3c2)c1. The predicted molar refractivity (Wildman–Crippen MR) is 86.2 cm³/mol. The van der Waals surface area contributed by atoms with Gasteiger partial charge in [-0.15, -0.1) is 0 Å². The van der Waals surface area contributed by atoms with Gasteiger partial charge >= 0.3 is 11.8 Å². The molecule has 0 aliphatic rings. The van der Waals surface area contributed by atoms with E-state index in [1.54, 1.807) is 36.5 Å². The molecule has 0 aliphatic heterocycles. The highest BCUT2D eigenvalue weighted by atomic mass is 16.3. The number of nitrogens with zero attached hydrogens (tertiary/aromatic N) is 1. The van der Waals surface area contributed by atoms with E-state index < -0.39 is 11.8 Å². The topological polar surface area (TPSA) is 107 Å². The second kappa shape index (κ2) is 5.80. The molecule has 0 unspecified atom stereocenters. The number of hydrogen-bond acceptors (Lipinski definition) is 4. The molecule has 0 radical (unpaired) electrons. The average Bonchev–Trinajstić information content (AvgIpc) is 2.98. The fraction of sp³-hybridized carbons (Fsp3) is 0.0625. The van der Waals surface area contributed by atoms with Gasteiger partial charge in [-0.3, -0.25) is 14.7 Å². The second-order valence-corrected chi connectivity index (χ2v) is 5.10. The molecule has 7 nitrogen and oxygen atoms in total. The smallest absolute Gasteiger partial charge is 0.314 e. The Morgan fingerprint density at radius 1 is 1.09 bits per heavy atom. The fourth-order valence-corrected chi connectivity index (χ4v) is 2.13. The van der Waals surface area contributed by atoms with Crippen molar-refractivity contribution >= 4 is 34.1 Å². The number of aryl methyl sites for hydroxylation is 1. The van der Waals surface area contributed by atoms with E-state index in [9.17, 15) is 14.7 Å². The first-order chi connectivity index (χ1) is 11.0. The Labute approximate surface area is 131 Å². The number of H-pyrrole nitrogens is 1. The highest BCUT2D eigenvalue weighted by Gasteiger charge is 2.16. The fourth-order valence-electron chi connectivity index (χ4n) is 2.13. The Morgan fingerprint density at radius 3 is 2.70 bits per heavy atom. The lowest BCUT2D eigenvalue weighted by molar-refractivity contribution is -0.133. The van der Waals surface area contributed by atoms with Crippen molar-refractivity contribution in [3.8, 4) is 5.75 Å². The summed E-state index contributed by atoms with van der Waals surface area (Å²) >= 11 is 0. The molecule has 2 amide bonds. The van der Waals surface area contributed by atoms with Crippen LogP contribution < -0.4 is 10.6 Å². The van der Waals surface area contributed by atoms with Gasteiger partial charge in [0.25, 0.3) is 0 Å². The quantitative estimate of drug-likeness (QED) is 0.430. The monoisotopic (exact) mass is 310 g/mol. The van der Waals surface area contributed by atoms with Crippen LogP contribution in [0.1, 0.15) is 5.56 Å². The van der Waals surface area contributed by atoms with E-state index in [-0.39, 0.29) is 11.4 Å². The van der Waals surface area contributed by atoms with Gasteiger partial charge in [0.2, 0.25) is 0 Å². The summed E-state index contributed by atoms with van der Waals surface area (Å²) in [7, 11) is 0. The van der Waals surface area contributed by atoms with Crippen LogP contribution in [0, 0.1) is 6.92 Å². The summed E-state index contributed by atoms with van der Waals surface area (Å²) in [6, 6.07) is 9.86. The molecule has 7 heteroatoms. The summed E-state index contributed by atoms with van der Waals surface area (Å²) in [5.41, 5.74) is 2.26. The third-order valence-electron chi connectivity index (χ3n) is 3.31. The molecule has 1 aromatic heterocycles. The predicted octanol–water partition coefficient (Wildman–Crippen LogP) is 2.15. The van der Waals surface area contributed by atoms with Crippen LogP contribution in [0.2, 0.25) is 0 Å². The number of nitrogens with one attached hydrogen (secondary N) is 3. The maximum absolute atomic E-state index is 12.0. The molecule has 0 spiro atoms. The molecule has 0 saturated carbocycles. The van der Waals surface area contributed by atoms with E-state index in [1.165, 1.54) is 6.07 Å². The van der Waals surface area contributed by atoms with E-state index in [0.29, 0.717) is 5.69 Å². The molecule has 4 N–H and O–H groups in total. The van der Waals surface area contributed by atoms with Crippen molar-refractivity contribution in [1.82, 2.24) is 10.2 Å². The maximum Gasteiger partial charge on any atom is 0.314 e. The number of aromatic hydroxyl groups is 1. The second-order valence-electron chi connectivity index (χ2n) is 5.10. The van der Waals surface area contributed by atoms with Crippen LogP contribution in [-0.2, 0) is 9.59 Å². The zero-order valence-electron chi connectivity index (χ0n) is 12.3. The van der Waals surface area contributed by atoms with Gasteiger partial charge in [0.15, 0.2) is 0 Å². The lowest BCUT2D eigenvalue weighted by Gasteiger charge is -2.08. The third-order valence-corrected chi connectivity index (χ3v) is 3.31. The van der Waals surface area contributed by atoms with Gasteiger partial charge in [-0.2, -0.15) is 5.10 Å². The van der Waals surface area contributed by atoms with E-state index in [4.69, 9.17) is 0 Å². The maximum atomic E-state index is 12.0. The number of phenols is 1. The first-order valence-corrected chi connectivity index (χ1v) is 6.88. The van der Waals surface area contributed by atoms with Crippen LogP contribution in [0.4, 0.5) is 11.4 Å². The molecule has 116 valence electrons. The summed E-state index contributed by atoms with van der Waals surface area (Å²) in [6.45, 7) is 1.81. The Balaban J connectivity index is 1.72. The van der Waals surface area contributed by atoms with Crippen molar-refractivity contribution in [2.45, 2.75) is 6.92 Å². The number of rotatable bonds is 2. The molecule has 2 aromatic carbocycles. The molecule has 3 rings (SSSR count). The van der Waals surface area contributed by atoms with Crippen molar-refractivity contribution in [2.24, 2.45) is 0 Å². The molecule has 0 saturated heterocycles. The molecule has 0 aliphatic carbocycles. The number of anilines is 2. The van der Waals surface area contributed by atoms with Crippen LogP contribution in [0.15, 0.2) is 42.6 Å². The number of aromatic amines is 1.